The molecule has 6 nitrogen and oxygen atoms in total. The summed E-state index contributed by atoms with van der Waals surface area (Å²) >= 11 is 0. The lowest BCUT2D eigenvalue weighted by Crippen LogP contribution is -2.44. The Morgan fingerprint density at radius 2 is 2.04 bits per heavy atom. The molecule has 2 rings (SSSR count). The van der Waals surface area contributed by atoms with E-state index in [1.54, 1.807) is 0 Å². The molecule has 3 N–H and O–H groups in total. The van der Waals surface area contributed by atoms with E-state index in [-0.39, 0.29) is 12.0 Å². The number of pyridine rings is 1. The Kier molecular flexibility index (Phi) is 8.16. The Balaban J connectivity index is 2.00. The smallest absolute Gasteiger partial charge is 0.191 e. The quantitative estimate of drug-likeness (QED) is 0.490. The number of aliphatic imine (C=N–C) groups is 1. The summed E-state index contributed by atoms with van der Waals surface area (Å²) in [6.45, 7) is 4.67. The third-order valence-corrected chi connectivity index (χ3v) is 5.22. The van der Waals surface area contributed by atoms with Gasteiger partial charge >= 0.3 is 0 Å². The van der Waals surface area contributed by atoms with Crippen LogP contribution in [-0.2, 0) is 6.54 Å². The zero-order valence-corrected chi connectivity index (χ0v) is 16.6. The Bertz CT molecular complexity index is 562. The van der Waals surface area contributed by atoms with Gasteiger partial charge in [0, 0.05) is 40.0 Å². The minimum Gasteiger partial charge on any atom is -0.396 e. The predicted octanol–water partition coefficient (Wildman–Crippen LogP) is 2.54. The maximum Gasteiger partial charge on any atom is 0.191 e. The Morgan fingerprint density at radius 1 is 1.27 bits per heavy atom. The number of hydrogen-bond acceptors (Lipinski definition) is 4. The average Bonchev–Trinajstić information content (AvgIpc) is 2.65. The SMILES string of the molecule is CCNC(=NCc1ccnc(N(C)C)c1)NCC1(CCO)CCCCC1. The number of hydrogen-bond donors (Lipinski definition) is 3. The van der Waals surface area contributed by atoms with Gasteiger partial charge in [0.2, 0.25) is 0 Å². The fourth-order valence-corrected chi connectivity index (χ4v) is 3.64. The number of anilines is 1. The molecule has 0 aromatic carbocycles. The summed E-state index contributed by atoms with van der Waals surface area (Å²) in [4.78, 5) is 11.1. The first-order chi connectivity index (χ1) is 12.6. The molecule has 0 atom stereocenters. The van der Waals surface area contributed by atoms with Gasteiger partial charge in [0.25, 0.3) is 0 Å². The van der Waals surface area contributed by atoms with Crippen molar-refractivity contribution >= 4 is 11.8 Å². The van der Waals surface area contributed by atoms with Crippen LogP contribution in [0.3, 0.4) is 0 Å². The van der Waals surface area contributed by atoms with Crippen LogP contribution in [0.4, 0.5) is 5.82 Å². The number of nitrogens with one attached hydrogen (secondary N) is 2. The van der Waals surface area contributed by atoms with Crippen molar-refractivity contribution in [3.8, 4) is 0 Å². The molecular formula is C20H35N5O. The van der Waals surface area contributed by atoms with Crippen molar-refractivity contribution in [1.29, 1.82) is 0 Å². The van der Waals surface area contributed by atoms with Crippen molar-refractivity contribution in [2.45, 2.75) is 52.0 Å². The van der Waals surface area contributed by atoms with Gasteiger partial charge < -0.3 is 20.6 Å². The van der Waals surface area contributed by atoms with Crippen LogP contribution in [0.1, 0.15) is 51.0 Å². The summed E-state index contributed by atoms with van der Waals surface area (Å²) in [7, 11) is 3.98. The van der Waals surface area contributed by atoms with E-state index in [0.29, 0.717) is 6.54 Å². The molecule has 0 saturated heterocycles. The van der Waals surface area contributed by atoms with Crippen molar-refractivity contribution in [2.75, 3.05) is 38.7 Å². The Morgan fingerprint density at radius 3 is 2.69 bits per heavy atom. The van der Waals surface area contributed by atoms with Crippen molar-refractivity contribution in [2.24, 2.45) is 10.4 Å². The fourth-order valence-electron chi connectivity index (χ4n) is 3.64. The van der Waals surface area contributed by atoms with Gasteiger partial charge in [-0.2, -0.15) is 0 Å². The molecule has 1 aromatic rings. The molecule has 0 amide bonds. The molecular weight excluding hydrogens is 326 g/mol. The van der Waals surface area contributed by atoms with E-state index in [2.05, 4.69) is 28.6 Å². The van der Waals surface area contributed by atoms with Gasteiger partial charge in [-0.05, 0) is 49.3 Å². The van der Waals surface area contributed by atoms with Gasteiger partial charge in [-0.1, -0.05) is 19.3 Å². The molecule has 1 aliphatic carbocycles. The molecule has 0 aliphatic heterocycles. The topological polar surface area (TPSA) is 72.8 Å². The molecule has 1 aromatic heterocycles. The molecule has 26 heavy (non-hydrogen) atoms. The van der Waals surface area contributed by atoms with E-state index in [1.807, 2.05) is 31.3 Å². The highest BCUT2D eigenvalue weighted by Crippen LogP contribution is 2.38. The van der Waals surface area contributed by atoms with E-state index in [0.717, 1.165) is 36.9 Å². The maximum absolute atomic E-state index is 9.49. The second-order valence-corrected chi connectivity index (χ2v) is 7.50. The summed E-state index contributed by atoms with van der Waals surface area (Å²) in [5.41, 5.74) is 1.35. The summed E-state index contributed by atoms with van der Waals surface area (Å²) < 4.78 is 0. The van der Waals surface area contributed by atoms with Gasteiger partial charge in [0.05, 0.1) is 6.54 Å². The molecule has 0 radical (unpaired) electrons. The van der Waals surface area contributed by atoms with Crippen molar-refractivity contribution < 1.29 is 5.11 Å². The first-order valence-corrected chi connectivity index (χ1v) is 9.84. The van der Waals surface area contributed by atoms with Crippen LogP contribution in [0.25, 0.3) is 0 Å². The fraction of sp³-hybridized carbons (Fsp3) is 0.700. The largest absolute Gasteiger partial charge is 0.396 e. The van der Waals surface area contributed by atoms with E-state index in [9.17, 15) is 5.11 Å². The standard InChI is InChI=1S/C20H35N5O/c1-4-21-19(23-15-17-8-12-22-18(14-17)25(2)3)24-16-20(11-13-26)9-6-5-7-10-20/h8,12,14,26H,4-7,9-11,13,15-16H2,1-3H3,(H2,21,23,24). The van der Waals surface area contributed by atoms with Crippen LogP contribution >= 0.6 is 0 Å². The first-order valence-electron chi connectivity index (χ1n) is 9.84. The van der Waals surface area contributed by atoms with Crippen LogP contribution < -0.4 is 15.5 Å². The molecule has 0 bridgehead atoms. The molecule has 1 heterocycles. The molecule has 1 fully saturated rings. The Hall–Kier alpha value is -1.82. The number of aliphatic hydroxyl groups excluding tert-OH is 1. The van der Waals surface area contributed by atoms with Crippen molar-refractivity contribution in [1.82, 2.24) is 15.6 Å². The minimum absolute atomic E-state index is 0.206. The van der Waals surface area contributed by atoms with Crippen molar-refractivity contribution in [3.05, 3.63) is 23.9 Å². The van der Waals surface area contributed by atoms with E-state index < -0.39 is 0 Å². The summed E-state index contributed by atoms with van der Waals surface area (Å²) in [5, 5.41) is 16.4. The van der Waals surface area contributed by atoms with Crippen LogP contribution in [-0.4, -0.2) is 49.8 Å². The molecule has 6 heteroatoms. The molecule has 1 aliphatic rings. The highest BCUT2D eigenvalue weighted by atomic mass is 16.3. The number of aromatic nitrogens is 1. The van der Waals surface area contributed by atoms with Gasteiger partial charge in [-0.15, -0.1) is 0 Å². The zero-order valence-electron chi connectivity index (χ0n) is 16.6. The maximum atomic E-state index is 9.49. The molecule has 0 unspecified atom stereocenters. The average molecular weight is 362 g/mol. The number of guanidine groups is 1. The second kappa shape index (κ2) is 10.4. The highest BCUT2D eigenvalue weighted by Gasteiger charge is 2.31. The van der Waals surface area contributed by atoms with Gasteiger partial charge in [0.15, 0.2) is 5.96 Å². The summed E-state index contributed by atoms with van der Waals surface area (Å²) in [5.74, 6) is 1.79. The third-order valence-electron chi connectivity index (χ3n) is 5.22. The van der Waals surface area contributed by atoms with Crippen molar-refractivity contribution in [3.63, 3.8) is 0 Å². The summed E-state index contributed by atoms with van der Waals surface area (Å²) in [6, 6.07) is 4.08. The normalized spacial score (nSPS) is 17.0. The van der Waals surface area contributed by atoms with Crippen LogP contribution in [0.15, 0.2) is 23.3 Å². The second-order valence-electron chi connectivity index (χ2n) is 7.50. The number of aliphatic hydroxyl groups is 1. The van der Waals surface area contributed by atoms with E-state index >= 15 is 0 Å². The van der Waals surface area contributed by atoms with Gasteiger partial charge in [0.1, 0.15) is 5.82 Å². The van der Waals surface area contributed by atoms with E-state index in [1.165, 1.54) is 32.1 Å². The minimum atomic E-state index is 0.206. The third kappa shape index (κ3) is 6.16. The monoisotopic (exact) mass is 361 g/mol. The predicted molar refractivity (Wildman–Crippen MR) is 109 cm³/mol. The highest BCUT2D eigenvalue weighted by molar-refractivity contribution is 5.79. The summed E-state index contributed by atoms with van der Waals surface area (Å²) in [6.07, 6.45) is 8.93. The molecule has 146 valence electrons. The van der Waals surface area contributed by atoms with Crippen LogP contribution in [0.5, 0.6) is 0 Å². The lowest BCUT2D eigenvalue weighted by Gasteiger charge is -2.37. The molecule has 0 spiro atoms. The van der Waals surface area contributed by atoms with Crippen LogP contribution in [0.2, 0.25) is 0 Å². The van der Waals surface area contributed by atoms with Gasteiger partial charge in [-0.25, -0.2) is 9.98 Å². The lowest BCUT2D eigenvalue weighted by atomic mass is 9.72. The van der Waals surface area contributed by atoms with Crippen LogP contribution in [0, 0.1) is 5.41 Å². The molecule has 1 saturated carbocycles. The zero-order chi connectivity index (χ0) is 18.8. The lowest BCUT2D eigenvalue weighted by molar-refractivity contribution is 0.131. The van der Waals surface area contributed by atoms with Gasteiger partial charge in [-0.3, -0.25) is 0 Å². The first kappa shape index (κ1) is 20.5. The number of nitrogens with zero attached hydrogens (tertiary/aromatic N) is 3. The van der Waals surface area contributed by atoms with E-state index in [4.69, 9.17) is 4.99 Å². The number of rotatable bonds is 8. The Labute approximate surface area is 158 Å².